The van der Waals surface area contributed by atoms with Crippen LogP contribution < -0.4 is 0 Å². The Labute approximate surface area is 350 Å². The summed E-state index contributed by atoms with van der Waals surface area (Å²) in [5.74, 6) is 0.665. The van der Waals surface area contributed by atoms with E-state index >= 15 is 0 Å². The molecule has 4 aliphatic rings. The maximum atomic E-state index is 2.49. The van der Waals surface area contributed by atoms with Crippen LogP contribution in [0.1, 0.15) is 16.7 Å². The molecule has 9 aromatic carbocycles. The van der Waals surface area contributed by atoms with Gasteiger partial charge in [0.25, 0.3) is 0 Å². The lowest BCUT2D eigenvalue weighted by Gasteiger charge is -2.31. The number of rotatable bonds is 5. The van der Waals surface area contributed by atoms with Crippen molar-refractivity contribution >= 4 is 38.3 Å². The maximum Gasteiger partial charge on any atom is 0.0205 e. The van der Waals surface area contributed by atoms with Gasteiger partial charge in [0.2, 0.25) is 0 Å². The fourth-order valence-electron chi connectivity index (χ4n) is 11.1. The van der Waals surface area contributed by atoms with Crippen molar-refractivity contribution in [1.29, 1.82) is 0 Å². The van der Waals surface area contributed by atoms with E-state index in [1.165, 1.54) is 122 Å². The molecule has 0 heterocycles. The van der Waals surface area contributed by atoms with E-state index in [-0.39, 0.29) is 0 Å². The Hall–Kier alpha value is -7.54. The van der Waals surface area contributed by atoms with Crippen LogP contribution in [0.25, 0.3) is 105 Å². The molecular formula is C60H38. The SMILES string of the molecule is C1=CC2C(c3ccccc3)=CC=C3c4ccc(-c5ccc6c(-c7ccccc7)c7c(c(-c8ccccc8)c6c5)-c5cccc6c(-c8ccccc8)ccc-7c56)cc4C(=C1)C32. The van der Waals surface area contributed by atoms with Crippen molar-refractivity contribution in [1.82, 2.24) is 0 Å². The molecule has 0 fully saturated rings. The van der Waals surface area contributed by atoms with E-state index in [1.807, 2.05) is 0 Å². The molecule has 0 amide bonds. The number of benzene rings is 9. The van der Waals surface area contributed by atoms with Gasteiger partial charge < -0.3 is 0 Å². The number of allylic oxidation sites excluding steroid dienone is 8. The van der Waals surface area contributed by atoms with Crippen LogP contribution in [0.3, 0.4) is 0 Å². The Balaban J connectivity index is 1.05. The Morgan fingerprint density at radius 3 is 1.55 bits per heavy atom. The van der Waals surface area contributed by atoms with Crippen LogP contribution in [0.15, 0.2) is 218 Å². The molecule has 4 aliphatic carbocycles. The molecule has 2 unspecified atom stereocenters. The summed E-state index contributed by atoms with van der Waals surface area (Å²) in [5.41, 5.74) is 23.6. The lowest BCUT2D eigenvalue weighted by molar-refractivity contribution is 0.725. The third-order valence-corrected chi connectivity index (χ3v) is 13.6. The average Bonchev–Trinajstić information content (AvgIpc) is 3.83. The number of hydrogen-bond acceptors (Lipinski definition) is 0. The maximum absolute atomic E-state index is 2.49. The molecule has 0 heteroatoms. The quantitative estimate of drug-likeness (QED) is 0.164. The van der Waals surface area contributed by atoms with Gasteiger partial charge in [-0.05, 0) is 134 Å². The molecule has 0 radical (unpaired) electrons. The van der Waals surface area contributed by atoms with E-state index in [0.29, 0.717) is 11.8 Å². The van der Waals surface area contributed by atoms with Crippen molar-refractivity contribution < 1.29 is 0 Å². The first-order chi connectivity index (χ1) is 29.8. The van der Waals surface area contributed by atoms with Crippen molar-refractivity contribution in [3.05, 3.63) is 235 Å². The second kappa shape index (κ2) is 13.0. The average molecular weight is 759 g/mol. The van der Waals surface area contributed by atoms with Crippen molar-refractivity contribution in [2.24, 2.45) is 11.8 Å². The molecule has 0 saturated heterocycles. The summed E-state index contributed by atoms with van der Waals surface area (Å²) < 4.78 is 0. The van der Waals surface area contributed by atoms with Crippen LogP contribution in [0.5, 0.6) is 0 Å². The van der Waals surface area contributed by atoms with Gasteiger partial charge in [0.15, 0.2) is 0 Å². The topological polar surface area (TPSA) is 0 Å². The molecule has 2 atom stereocenters. The highest BCUT2D eigenvalue weighted by atomic mass is 14.4. The molecule has 0 spiro atoms. The zero-order valence-electron chi connectivity index (χ0n) is 32.9. The second-order valence-corrected chi connectivity index (χ2v) is 16.6. The molecule has 0 N–H and O–H groups in total. The van der Waals surface area contributed by atoms with Crippen LogP contribution in [0, 0.1) is 11.8 Å². The van der Waals surface area contributed by atoms with Crippen LogP contribution in [-0.2, 0) is 0 Å². The molecular weight excluding hydrogens is 721 g/mol. The normalized spacial score (nSPS) is 16.6. The highest BCUT2D eigenvalue weighted by Gasteiger charge is 2.40. The standard InChI is InChI=1S/C60H38/c1-5-15-37(16-6-1)43-31-33-49-45-29-27-41(35-53(45)48-25-13-23-46(43)57(48)49)42-28-30-50-54(36-42)56(40-21-11-4-12-22-40)59-51-26-14-24-47-44(38-17-7-2-8-18-38)32-34-52(58(47)51)60(59)55(50)39-19-9-3-10-20-39/h1-36,46,57H. The summed E-state index contributed by atoms with van der Waals surface area (Å²) in [6.45, 7) is 0. The molecule has 60 heavy (non-hydrogen) atoms. The van der Waals surface area contributed by atoms with E-state index < -0.39 is 0 Å². The van der Waals surface area contributed by atoms with Crippen LogP contribution in [0.4, 0.5) is 0 Å². The zero-order chi connectivity index (χ0) is 39.3. The lowest BCUT2D eigenvalue weighted by atomic mass is 9.72. The smallest absolute Gasteiger partial charge is 0.0205 e. The zero-order valence-corrected chi connectivity index (χ0v) is 32.9. The summed E-state index contributed by atoms with van der Waals surface area (Å²) in [6, 6.07) is 70.0. The van der Waals surface area contributed by atoms with Gasteiger partial charge in [-0.2, -0.15) is 0 Å². The summed E-state index contributed by atoms with van der Waals surface area (Å²) >= 11 is 0. The molecule has 0 aliphatic heterocycles. The van der Waals surface area contributed by atoms with E-state index in [0.717, 1.165) is 0 Å². The third kappa shape index (κ3) is 4.79. The summed E-state index contributed by atoms with van der Waals surface area (Å²) in [5, 5.41) is 5.18. The van der Waals surface area contributed by atoms with E-state index in [9.17, 15) is 0 Å². The Morgan fingerprint density at radius 2 is 0.833 bits per heavy atom. The first kappa shape index (κ1) is 33.4. The molecule has 13 rings (SSSR count). The van der Waals surface area contributed by atoms with Crippen molar-refractivity contribution in [2.75, 3.05) is 0 Å². The minimum Gasteiger partial charge on any atom is -0.0760 e. The largest absolute Gasteiger partial charge is 0.0760 e. The molecule has 278 valence electrons. The van der Waals surface area contributed by atoms with Crippen molar-refractivity contribution in [3.8, 4) is 66.8 Å². The van der Waals surface area contributed by atoms with E-state index in [4.69, 9.17) is 0 Å². The van der Waals surface area contributed by atoms with Gasteiger partial charge in [0, 0.05) is 11.8 Å². The lowest BCUT2D eigenvalue weighted by Crippen LogP contribution is -2.18. The molecule has 0 aromatic heterocycles. The van der Waals surface area contributed by atoms with Gasteiger partial charge in [0.05, 0.1) is 0 Å². The minimum atomic E-state index is 0.327. The van der Waals surface area contributed by atoms with E-state index in [2.05, 4.69) is 218 Å². The summed E-state index contributed by atoms with van der Waals surface area (Å²) in [7, 11) is 0. The Kier molecular flexibility index (Phi) is 7.23. The van der Waals surface area contributed by atoms with Gasteiger partial charge in [-0.1, -0.05) is 206 Å². The number of hydrogen-bond donors (Lipinski definition) is 0. The fraction of sp³-hybridized carbons (Fsp3) is 0.0333. The second-order valence-electron chi connectivity index (χ2n) is 16.6. The predicted octanol–water partition coefficient (Wildman–Crippen LogP) is 16.0. The first-order valence-electron chi connectivity index (χ1n) is 21.2. The predicted molar refractivity (Wildman–Crippen MR) is 254 cm³/mol. The Morgan fingerprint density at radius 1 is 0.283 bits per heavy atom. The highest BCUT2D eigenvalue weighted by Crippen LogP contribution is 2.60. The van der Waals surface area contributed by atoms with Crippen LogP contribution >= 0.6 is 0 Å². The molecule has 0 bridgehead atoms. The summed E-state index contributed by atoms with van der Waals surface area (Å²) in [4.78, 5) is 0. The van der Waals surface area contributed by atoms with Gasteiger partial charge >= 0.3 is 0 Å². The van der Waals surface area contributed by atoms with Crippen molar-refractivity contribution in [2.45, 2.75) is 0 Å². The Bertz CT molecular complexity index is 3380. The first-order valence-corrected chi connectivity index (χ1v) is 21.2. The van der Waals surface area contributed by atoms with Gasteiger partial charge in [0.1, 0.15) is 0 Å². The van der Waals surface area contributed by atoms with E-state index in [1.54, 1.807) is 0 Å². The van der Waals surface area contributed by atoms with Crippen LogP contribution in [-0.4, -0.2) is 0 Å². The highest BCUT2D eigenvalue weighted by molar-refractivity contribution is 6.29. The van der Waals surface area contributed by atoms with Gasteiger partial charge in [-0.3, -0.25) is 0 Å². The fourth-order valence-corrected chi connectivity index (χ4v) is 11.1. The van der Waals surface area contributed by atoms with Gasteiger partial charge in [-0.25, -0.2) is 0 Å². The minimum absolute atomic E-state index is 0.327. The van der Waals surface area contributed by atoms with Gasteiger partial charge in [-0.15, -0.1) is 0 Å². The molecule has 9 aromatic rings. The molecule has 0 saturated carbocycles. The number of fused-ring (bicyclic) bond motifs is 7. The van der Waals surface area contributed by atoms with Crippen LogP contribution in [0.2, 0.25) is 0 Å². The third-order valence-electron chi connectivity index (χ3n) is 13.6. The molecule has 0 nitrogen and oxygen atoms in total. The summed E-state index contributed by atoms with van der Waals surface area (Å²) in [6.07, 6.45) is 11.8. The van der Waals surface area contributed by atoms with Crippen molar-refractivity contribution in [3.63, 3.8) is 0 Å². The monoisotopic (exact) mass is 758 g/mol.